The van der Waals surface area contributed by atoms with Crippen LogP contribution in [0.2, 0.25) is 0 Å². The van der Waals surface area contributed by atoms with Gasteiger partial charge in [-0.3, -0.25) is 9.55 Å². The predicted molar refractivity (Wildman–Crippen MR) is 211 cm³/mol. The van der Waals surface area contributed by atoms with Crippen LogP contribution in [0.15, 0.2) is 188 Å². The minimum Gasteiger partial charge on any atom is -0.310 e. The van der Waals surface area contributed by atoms with Gasteiger partial charge in [0, 0.05) is 28.9 Å². The molecule has 9 aromatic rings. The van der Waals surface area contributed by atoms with Gasteiger partial charge >= 0.3 is 0 Å². The van der Waals surface area contributed by atoms with E-state index >= 15 is 0 Å². The van der Waals surface area contributed by atoms with Gasteiger partial charge in [-0.2, -0.15) is 0 Å². The van der Waals surface area contributed by atoms with Crippen LogP contribution < -0.4 is 9.80 Å². The third-order valence-electron chi connectivity index (χ3n) is 10.9. The van der Waals surface area contributed by atoms with Crippen LogP contribution in [0.3, 0.4) is 0 Å². The Morgan fingerprint density at radius 1 is 0.385 bits per heavy atom. The normalized spacial score (nSPS) is 13.8. The van der Waals surface area contributed by atoms with E-state index in [2.05, 4.69) is 189 Å². The molecule has 2 aliphatic heterocycles. The topological polar surface area (TPSA) is 37.2 Å². The second kappa shape index (κ2) is 11.0. The van der Waals surface area contributed by atoms with E-state index in [1.165, 1.54) is 39.0 Å². The fraction of sp³-hybridized carbons (Fsp3) is 0.0213. The molecule has 5 heteroatoms. The van der Waals surface area contributed by atoms with Crippen LogP contribution in [0.1, 0.15) is 22.3 Å². The summed E-state index contributed by atoms with van der Waals surface area (Å²) in [6, 6.07) is 61.3. The second-order valence-electron chi connectivity index (χ2n) is 13.4. The average Bonchev–Trinajstić information content (AvgIpc) is 3.56. The maximum absolute atomic E-state index is 5.16. The molecule has 0 aliphatic carbocycles. The highest BCUT2D eigenvalue weighted by atomic mass is 15.2. The van der Waals surface area contributed by atoms with Crippen LogP contribution in [0, 0.1) is 0 Å². The Hall–Kier alpha value is -6.98. The van der Waals surface area contributed by atoms with E-state index in [4.69, 9.17) is 4.98 Å². The van der Waals surface area contributed by atoms with Gasteiger partial charge in [0.25, 0.3) is 0 Å². The number of para-hydroxylation sites is 6. The zero-order valence-electron chi connectivity index (χ0n) is 28.1. The highest BCUT2D eigenvalue weighted by Crippen LogP contribution is 2.63. The molecule has 0 fully saturated rings. The van der Waals surface area contributed by atoms with Gasteiger partial charge in [-0.25, -0.2) is 4.98 Å². The van der Waals surface area contributed by atoms with E-state index < -0.39 is 5.41 Å². The lowest BCUT2D eigenvalue weighted by atomic mass is 9.60. The SMILES string of the molecule is c1ccc(N2c3ccccc3C3(c4ccccc42)c2ccccc2N(c2ccc(-n4c5ccccc5c5cnccc54)nc2)c2ccccc23)cc1. The summed E-state index contributed by atoms with van der Waals surface area (Å²) in [6.45, 7) is 0. The minimum atomic E-state index is -0.563. The maximum atomic E-state index is 5.16. The molecule has 2 aliphatic rings. The fourth-order valence-corrected chi connectivity index (χ4v) is 8.91. The fourth-order valence-electron chi connectivity index (χ4n) is 8.91. The molecule has 244 valence electrons. The molecule has 3 aromatic heterocycles. The van der Waals surface area contributed by atoms with Crippen molar-refractivity contribution in [2.75, 3.05) is 9.80 Å². The minimum absolute atomic E-state index is 0.563. The number of aromatic nitrogens is 3. The number of nitrogens with zero attached hydrogens (tertiary/aromatic N) is 5. The van der Waals surface area contributed by atoms with Gasteiger partial charge in [-0.05, 0) is 82.9 Å². The highest BCUT2D eigenvalue weighted by molar-refractivity contribution is 6.08. The molecule has 0 saturated heterocycles. The van der Waals surface area contributed by atoms with Gasteiger partial charge in [-0.1, -0.05) is 109 Å². The van der Waals surface area contributed by atoms with Crippen LogP contribution in [-0.4, -0.2) is 14.5 Å². The Balaban J connectivity index is 1.14. The van der Waals surface area contributed by atoms with Crippen molar-refractivity contribution in [3.8, 4) is 5.82 Å². The van der Waals surface area contributed by atoms with E-state index in [0.717, 1.165) is 45.0 Å². The number of anilines is 6. The van der Waals surface area contributed by atoms with Gasteiger partial charge in [0.2, 0.25) is 0 Å². The lowest BCUT2D eigenvalue weighted by molar-refractivity contribution is 0.718. The quantitative estimate of drug-likeness (QED) is 0.188. The Labute approximate surface area is 301 Å². The number of hydrogen-bond donors (Lipinski definition) is 0. The zero-order valence-corrected chi connectivity index (χ0v) is 28.1. The van der Waals surface area contributed by atoms with Gasteiger partial charge in [-0.15, -0.1) is 0 Å². The molecule has 0 atom stereocenters. The highest BCUT2D eigenvalue weighted by Gasteiger charge is 2.51. The van der Waals surface area contributed by atoms with Crippen molar-refractivity contribution in [1.29, 1.82) is 0 Å². The average molecular weight is 666 g/mol. The van der Waals surface area contributed by atoms with Crippen molar-refractivity contribution in [1.82, 2.24) is 14.5 Å². The van der Waals surface area contributed by atoms with Crippen molar-refractivity contribution < 1.29 is 0 Å². The molecular formula is C47H31N5. The number of rotatable bonds is 3. The lowest BCUT2D eigenvalue weighted by Gasteiger charge is -2.51. The first-order valence-electron chi connectivity index (χ1n) is 17.7. The number of fused-ring (bicyclic) bond motifs is 11. The lowest BCUT2D eigenvalue weighted by Crippen LogP contribution is -2.41. The summed E-state index contributed by atoms with van der Waals surface area (Å²) in [5.74, 6) is 0.868. The standard InChI is InChI=1S/C47H31N5/c1-2-14-32(15-3-1)50-42-22-10-5-17-36(42)47(37-18-6-11-23-43(37)50)38-19-7-12-24-44(38)51(45-25-13-8-20-39(45)47)33-26-27-46(49-30-33)52-40-21-9-4-16-34(40)35-31-48-29-28-41(35)52/h1-31H. The third kappa shape index (κ3) is 3.82. The molecule has 0 saturated carbocycles. The number of hydrogen-bond acceptors (Lipinski definition) is 4. The molecule has 0 N–H and O–H groups in total. The molecule has 11 rings (SSSR count). The largest absolute Gasteiger partial charge is 0.310 e. The first kappa shape index (κ1) is 28.8. The smallest absolute Gasteiger partial charge is 0.137 e. The molecule has 6 aromatic carbocycles. The van der Waals surface area contributed by atoms with Gasteiger partial charge in [0.1, 0.15) is 5.82 Å². The summed E-state index contributed by atoms with van der Waals surface area (Å²) in [6.07, 6.45) is 5.81. The van der Waals surface area contributed by atoms with E-state index in [1.807, 2.05) is 18.6 Å². The summed E-state index contributed by atoms with van der Waals surface area (Å²) in [5.41, 5.74) is 13.4. The molecule has 5 heterocycles. The first-order valence-corrected chi connectivity index (χ1v) is 17.7. The second-order valence-corrected chi connectivity index (χ2v) is 13.4. The number of benzene rings is 6. The Morgan fingerprint density at radius 3 is 1.46 bits per heavy atom. The number of pyridine rings is 2. The van der Waals surface area contributed by atoms with Crippen LogP contribution in [0.25, 0.3) is 27.6 Å². The van der Waals surface area contributed by atoms with Crippen LogP contribution in [-0.2, 0) is 5.41 Å². The van der Waals surface area contributed by atoms with Crippen molar-refractivity contribution in [2.45, 2.75) is 5.41 Å². The molecule has 0 bridgehead atoms. The summed E-state index contributed by atoms with van der Waals surface area (Å²) in [5, 5.41) is 2.28. The summed E-state index contributed by atoms with van der Waals surface area (Å²) >= 11 is 0. The Bertz CT molecular complexity index is 2670. The van der Waals surface area contributed by atoms with Gasteiger partial charge in [0.15, 0.2) is 0 Å². The maximum Gasteiger partial charge on any atom is 0.137 e. The van der Waals surface area contributed by atoms with Crippen molar-refractivity contribution in [2.24, 2.45) is 0 Å². The van der Waals surface area contributed by atoms with E-state index in [-0.39, 0.29) is 0 Å². The van der Waals surface area contributed by atoms with Crippen molar-refractivity contribution in [3.05, 3.63) is 211 Å². The van der Waals surface area contributed by atoms with Crippen LogP contribution >= 0.6 is 0 Å². The Morgan fingerprint density at radius 2 is 0.885 bits per heavy atom. The molecule has 0 radical (unpaired) electrons. The summed E-state index contributed by atoms with van der Waals surface area (Å²) < 4.78 is 2.23. The molecule has 0 amide bonds. The molecule has 1 spiro atoms. The first-order chi connectivity index (χ1) is 25.8. The zero-order chi connectivity index (χ0) is 34.2. The predicted octanol–water partition coefficient (Wildman–Crippen LogP) is 11.5. The van der Waals surface area contributed by atoms with Gasteiger partial charge in [0.05, 0.1) is 51.1 Å². The van der Waals surface area contributed by atoms with E-state index in [1.54, 1.807) is 0 Å². The molecular weight excluding hydrogens is 635 g/mol. The third-order valence-corrected chi connectivity index (χ3v) is 10.9. The molecule has 5 nitrogen and oxygen atoms in total. The Kier molecular flexibility index (Phi) is 6.10. The monoisotopic (exact) mass is 665 g/mol. The molecule has 52 heavy (non-hydrogen) atoms. The van der Waals surface area contributed by atoms with E-state index in [9.17, 15) is 0 Å². The van der Waals surface area contributed by atoms with Crippen LogP contribution in [0.4, 0.5) is 34.1 Å². The summed E-state index contributed by atoms with van der Waals surface area (Å²) in [4.78, 5) is 14.4. The van der Waals surface area contributed by atoms with Crippen molar-refractivity contribution in [3.63, 3.8) is 0 Å². The van der Waals surface area contributed by atoms with Crippen molar-refractivity contribution >= 4 is 55.9 Å². The summed E-state index contributed by atoms with van der Waals surface area (Å²) in [7, 11) is 0. The van der Waals surface area contributed by atoms with E-state index in [0.29, 0.717) is 0 Å². The molecule has 0 unspecified atom stereocenters. The van der Waals surface area contributed by atoms with Gasteiger partial charge < -0.3 is 9.80 Å². The van der Waals surface area contributed by atoms with Crippen LogP contribution in [0.5, 0.6) is 0 Å².